The SMILES string of the molecule is Cc1ccc2cc(C(=O)O)n(C)c2c1C. The van der Waals surface area contributed by atoms with Gasteiger partial charge >= 0.3 is 5.97 Å². The zero-order valence-electron chi connectivity index (χ0n) is 9.03. The van der Waals surface area contributed by atoms with Crippen molar-refractivity contribution >= 4 is 16.9 Å². The van der Waals surface area contributed by atoms with Crippen LogP contribution in [0.5, 0.6) is 0 Å². The third-order valence-electron chi connectivity index (χ3n) is 2.94. The lowest BCUT2D eigenvalue weighted by Gasteiger charge is -2.05. The molecule has 1 heterocycles. The molecule has 0 atom stereocenters. The van der Waals surface area contributed by atoms with Crippen LogP contribution in [0, 0.1) is 13.8 Å². The van der Waals surface area contributed by atoms with E-state index in [9.17, 15) is 4.79 Å². The number of rotatable bonds is 1. The Morgan fingerprint density at radius 3 is 2.60 bits per heavy atom. The Balaban J connectivity index is 2.89. The number of hydrogen-bond acceptors (Lipinski definition) is 1. The molecule has 15 heavy (non-hydrogen) atoms. The molecule has 1 aromatic heterocycles. The van der Waals surface area contributed by atoms with Crippen LogP contribution in [0.2, 0.25) is 0 Å². The first-order valence-electron chi connectivity index (χ1n) is 4.81. The molecular weight excluding hydrogens is 190 g/mol. The summed E-state index contributed by atoms with van der Waals surface area (Å²) < 4.78 is 1.74. The molecule has 0 amide bonds. The maximum absolute atomic E-state index is 11.0. The number of carboxylic acid groups (broad SMARTS) is 1. The molecule has 0 saturated heterocycles. The molecule has 0 radical (unpaired) electrons. The summed E-state index contributed by atoms with van der Waals surface area (Å²) in [4.78, 5) is 11.0. The van der Waals surface area contributed by atoms with E-state index < -0.39 is 5.97 Å². The van der Waals surface area contributed by atoms with Crippen LogP contribution >= 0.6 is 0 Å². The molecule has 0 aliphatic heterocycles. The van der Waals surface area contributed by atoms with Crippen molar-refractivity contribution in [1.29, 1.82) is 0 Å². The zero-order chi connectivity index (χ0) is 11.2. The van der Waals surface area contributed by atoms with Crippen molar-refractivity contribution in [2.45, 2.75) is 13.8 Å². The Hall–Kier alpha value is -1.77. The molecule has 2 rings (SSSR count). The highest BCUT2D eigenvalue weighted by atomic mass is 16.4. The van der Waals surface area contributed by atoms with Crippen LogP contribution in [0.25, 0.3) is 10.9 Å². The van der Waals surface area contributed by atoms with Crippen LogP contribution in [-0.4, -0.2) is 15.6 Å². The summed E-state index contributed by atoms with van der Waals surface area (Å²) in [5.74, 6) is -0.884. The first-order valence-corrected chi connectivity index (χ1v) is 4.81. The van der Waals surface area contributed by atoms with Gasteiger partial charge in [0.1, 0.15) is 5.69 Å². The van der Waals surface area contributed by atoms with E-state index in [-0.39, 0.29) is 0 Å². The van der Waals surface area contributed by atoms with E-state index in [1.807, 2.05) is 26.0 Å². The smallest absolute Gasteiger partial charge is 0.352 e. The molecule has 1 N–H and O–H groups in total. The lowest BCUT2D eigenvalue weighted by atomic mass is 10.1. The monoisotopic (exact) mass is 203 g/mol. The Bertz CT molecular complexity index is 552. The largest absolute Gasteiger partial charge is 0.477 e. The van der Waals surface area contributed by atoms with E-state index in [1.54, 1.807) is 17.7 Å². The van der Waals surface area contributed by atoms with E-state index >= 15 is 0 Å². The molecule has 0 aliphatic rings. The van der Waals surface area contributed by atoms with Gasteiger partial charge in [0.25, 0.3) is 0 Å². The van der Waals surface area contributed by atoms with Crippen LogP contribution in [-0.2, 0) is 7.05 Å². The van der Waals surface area contributed by atoms with E-state index in [1.165, 1.54) is 5.56 Å². The van der Waals surface area contributed by atoms with Gasteiger partial charge in [-0.15, -0.1) is 0 Å². The van der Waals surface area contributed by atoms with E-state index in [0.717, 1.165) is 16.5 Å². The van der Waals surface area contributed by atoms with Crippen LogP contribution in [0.15, 0.2) is 18.2 Å². The van der Waals surface area contributed by atoms with Gasteiger partial charge in [0.2, 0.25) is 0 Å². The first kappa shape index (κ1) is 9.77. The summed E-state index contributed by atoms with van der Waals surface area (Å²) in [6.45, 7) is 4.05. The van der Waals surface area contributed by atoms with Gasteiger partial charge in [-0.3, -0.25) is 0 Å². The number of fused-ring (bicyclic) bond motifs is 1. The van der Waals surface area contributed by atoms with Gasteiger partial charge in [-0.25, -0.2) is 4.79 Å². The van der Waals surface area contributed by atoms with Crippen molar-refractivity contribution in [2.24, 2.45) is 7.05 Å². The van der Waals surface area contributed by atoms with E-state index in [2.05, 4.69) is 0 Å². The second-order valence-electron chi connectivity index (χ2n) is 3.84. The average molecular weight is 203 g/mol. The van der Waals surface area contributed by atoms with Crippen LogP contribution in [0.4, 0.5) is 0 Å². The predicted octanol–water partition coefficient (Wildman–Crippen LogP) is 2.49. The summed E-state index contributed by atoms with van der Waals surface area (Å²) in [5.41, 5.74) is 3.66. The Morgan fingerprint density at radius 1 is 1.33 bits per heavy atom. The number of carboxylic acids is 1. The molecule has 3 heteroatoms. The number of aromatic nitrogens is 1. The highest BCUT2D eigenvalue weighted by molar-refractivity contribution is 5.95. The zero-order valence-corrected chi connectivity index (χ0v) is 9.03. The average Bonchev–Trinajstić information content (AvgIpc) is 2.50. The maximum Gasteiger partial charge on any atom is 0.352 e. The number of hydrogen-bond donors (Lipinski definition) is 1. The van der Waals surface area contributed by atoms with Gasteiger partial charge in [0.15, 0.2) is 0 Å². The summed E-state index contributed by atoms with van der Waals surface area (Å²) in [6.07, 6.45) is 0. The van der Waals surface area contributed by atoms with Crippen molar-refractivity contribution in [3.63, 3.8) is 0 Å². The van der Waals surface area contributed by atoms with Gasteiger partial charge in [-0.05, 0) is 31.0 Å². The van der Waals surface area contributed by atoms with Crippen molar-refractivity contribution in [2.75, 3.05) is 0 Å². The quantitative estimate of drug-likeness (QED) is 0.773. The summed E-state index contributed by atoms with van der Waals surface area (Å²) >= 11 is 0. The molecular formula is C12H13NO2. The predicted molar refractivity (Wildman–Crippen MR) is 59.4 cm³/mol. The normalized spacial score (nSPS) is 10.9. The van der Waals surface area contributed by atoms with Crippen molar-refractivity contribution < 1.29 is 9.90 Å². The molecule has 78 valence electrons. The topological polar surface area (TPSA) is 42.2 Å². The minimum absolute atomic E-state index is 0.332. The van der Waals surface area contributed by atoms with Crippen LogP contribution in [0.1, 0.15) is 21.6 Å². The fourth-order valence-corrected chi connectivity index (χ4v) is 1.95. The van der Waals surface area contributed by atoms with E-state index in [4.69, 9.17) is 5.11 Å². The number of aromatic carboxylic acids is 1. The molecule has 2 aromatic rings. The second kappa shape index (κ2) is 3.12. The summed E-state index contributed by atoms with van der Waals surface area (Å²) in [7, 11) is 1.79. The molecule has 0 bridgehead atoms. The number of benzene rings is 1. The van der Waals surface area contributed by atoms with Gasteiger partial charge < -0.3 is 9.67 Å². The van der Waals surface area contributed by atoms with Crippen molar-refractivity contribution in [3.05, 3.63) is 35.0 Å². The summed E-state index contributed by atoms with van der Waals surface area (Å²) in [6, 6.07) is 5.69. The third kappa shape index (κ3) is 1.31. The van der Waals surface area contributed by atoms with Crippen molar-refractivity contribution in [3.8, 4) is 0 Å². The fourth-order valence-electron chi connectivity index (χ4n) is 1.95. The fraction of sp³-hybridized carbons (Fsp3) is 0.250. The molecule has 0 aliphatic carbocycles. The lowest BCUT2D eigenvalue weighted by Crippen LogP contribution is -2.04. The third-order valence-corrected chi connectivity index (χ3v) is 2.94. The maximum atomic E-state index is 11.0. The Kier molecular flexibility index (Phi) is 2.03. The lowest BCUT2D eigenvalue weighted by molar-refractivity contribution is 0.0687. The molecule has 0 unspecified atom stereocenters. The minimum atomic E-state index is -0.884. The molecule has 3 nitrogen and oxygen atoms in total. The second-order valence-corrected chi connectivity index (χ2v) is 3.84. The number of aryl methyl sites for hydroxylation is 3. The molecule has 0 saturated carbocycles. The van der Waals surface area contributed by atoms with Crippen LogP contribution in [0.3, 0.4) is 0 Å². The van der Waals surface area contributed by atoms with Gasteiger partial charge in [0.05, 0.1) is 5.52 Å². The number of nitrogens with zero attached hydrogens (tertiary/aromatic N) is 1. The number of carbonyl (C=O) groups is 1. The van der Waals surface area contributed by atoms with Crippen molar-refractivity contribution in [1.82, 2.24) is 4.57 Å². The van der Waals surface area contributed by atoms with Crippen LogP contribution < -0.4 is 0 Å². The Labute approximate surface area is 87.9 Å². The minimum Gasteiger partial charge on any atom is -0.477 e. The molecule has 0 fully saturated rings. The highest BCUT2D eigenvalue weighted by Gasteiger charge is 2.13. The van der Waals surface area contributed by atoms with Gasteiger partial charge in [-0.1, -0.05) is 12.1 Å². The summed E-state index contributed by atoms with van der Waals surface area (Å²) in [5, 5.41) is 9.99. The van der Waals surface area contributed by atoms with E-state index in [0.29, 0.717) is 5.69 Å². The van der Waals surface area contributed by atoms with Gasteiger partial charge in [-0.2, -0.15) is 0 Å². The highest BCUT2D eigenvalue weighted by Crippen LogP contribution is 2.24. The Morgan fingerprint density at radius 2 is 2.00 bits per heavy atom. The standard InChI is InChI=1S/C12H13NO2/c1-7-4-5-9-6-10(12(14)15)13(3)11(9)8(7)2/h4-6H,1-3H3,(H,14,15). The molecule has 1 aromatic carbocycles. The van der Waals surface area contributed by atoms with Gasteiger partial charge in [0, 0.05) is 12.4 Å². The molecule has 0 spiro atoms. The first-order chi connectivity index (χ1) is 7.02.